The quantitative estimate of drug-likeness (QED) is 0.705. The summed E-state index contributed by atoms with van der Waals surface area (Å²) < 4.78 is 0. The molecule has 0 aromatic heterocycles. The Morgan fingerprint density at radius 3 is 2.94 bits per heavy atom. The van der Waals surface area contributed by atoms with E-state index < -0.39 is 0 Å². The third-order valence-corrected chi connectivity index (χ3v) is 4.47. The maximum absolute atomic E-state index is 11.7. The number of hydrogen-bond acceptors (Lipinski definition) is 4. The van der Waals surface area contributed by atoms with Crippen LogP contribution in [0.15, 0.2) is 0 Å². The highest BCUT2D eigenvalue weighted by atomic mass is 32.2. The number of nitrogens with zero attached hydrogens (tertiary/aromatic N) is 1. The molecule has 17 heavy (non-hydrogen) atoms. The average molecular weight is 259 g/mol. The van der Waals surface area contributed by atoms with Crippen molar-refractivity contribution in [2.24, 2.45) is 5.73 Å². The summed E-state index contributed by atoms with van der Waals surface area (Å²) in [5, 5.41) is 2.92. The van der Waals surface area contributed by atoms with Crippen LogP contribution in [0.2, 0.25) is 0 Å². The van der Waals surface area contributed by atoms with Crippen molar-refractivity contribution in [2.45, 2.75) is 38.3 Å². The lowest BCUT2D eigenvalue weighted by molar-refractivity contribution is -0.122. The predicted octanol–water partition coefficient (Wildman–Crippen LogP) is 0.667. The molecule has 2 unspecified atom stereocenters. The molecule has 0 aromatic rings. The van der Waals surface area contributed by atoms with Crippen molar-refractivity contribution < 1.29 is 4.79 Å². The van der Waals surface area contributed by atoms with E-state index in [9.17, 15) is 4.79 Å². The molecular weight excluding hydrogens is 234 g/mol. The Balaban J connectivity index is 2.38. The normalized spacial score (nSPS) is 21.8. The van der Waals surface area contributed by atoms with Gasteiger partial charge in [-0.15, -0.1) is 0 Å². The van der Waals surface area contributed by atoms with Crippen molar-refractivity contribution in [1.82, 2.24) is 10.2 Å². The molecule has 1 aliphatic rings. The zero-order valence-electron chi connectivity index (χ0n) is 10.9. The molecule has 100 valence electrons. The Labute approximate surface area is 109 Å². The van der Waals surface area contributed by atoms with E-state index in [1.54, 1.807) is 0 Å². The van der Waals surface area contributed by atoms with Crippen molar-refractivity contribution in [2.75, 3.05) is 31.6 Å². The third-order valence-electron chi connectivity index (χ3n) is 3.32. The van der Waals surface area contributed by atoms with Crippen molar-refractivity contribution in [3.63, 3.8) is 0 Å². The van der Waals surface area contributed by atoms with Crippen molar-refractivity contribution in [1.29, 1.82) is 0 Å². The Hall–Kier alpha value is -0.260. The highest BCUT2D eigenvalue weighted by Gasteiger charge is 2.26. The van der Waals surface area contributed by atoms with Gasteiger partial charge >= 0.3 is 0 Å². The summed E-state index contributed by atoms with van der Waals surface area (Å²) >= 11 is 1.99. The minimum absolute atomic E-state index is 0.125. The second-order valence-electron chi connectivity index (χ2n) is 4.63. The zero-order chi connectivity index (χ0) is 12.7. The molecule has 1 heterocycles. The molecule has 4 nitrogen and oxygen atoms in total. The van der Waals surface area contributed by atoms with Crippen molar-refractivity contribution >= 4 is 17.7 Å². The van der Waals surface area contributed by atoms with Gasteiger partial charge in [0.25, 0.3) is 0 Å². The lowest BCUT2D eigenvalue weighted by Gasteiger charge is -2.31. The second-order valence-corrected chi connectivity index (χ2v) is 5.78. The van der Waals surface area contributed by atoms with Gasteiger partial charge in [0, 0.05) is 37.3 Å². The van der Waals surface area contributed by atoms with Crippen LogP contribution in [0.4, 0.5) is 0 Å². The van der Waals surface area contributed by atoms with Crippen LogP contribution >= 0.6 is 11.8 Å². The summed E-state index contributed by atoms with van der Waals surface area (Å²) in [6.45, 7) is 3.37. The van der Waals surface area contributed by atoms with E-state index in [1.807, 2.05) is 11.8 Å². The molecular formula is C12H25N3OS. The first-order valence-electron chi connectivity index (χ1n) is 6.45. The van der Waals surface area contributed by atoms with Crippen LogP contribution in [0.25, 0.3) is 0 Å². The standard InChI is InChI=1S/C12H25N3OS/c1-3-5-14-12(16)7-11(8-13)15(2)10-4-6-17-9-10/h10-11H,3-9,13H2,1-2H3,(H,14,16). The number of carbonyl (C=O) groups excluding carboxylic acids is 1. The molecule has 1 rings (SSSR count). The summed E-state index contributed by atoms with van der Waals surface area (Å²) in [5.41, 5.74) is 5.79. The molecule has 0 bridgehead atoms. The van der Waals surface area contributed by atoms with Crippen LogP contribution in [0.5, 0.6) is 0 Å². The summed E-state index contributed by atoms with van der Waals surface area (Å²) in [6, 6.07) is 0.767. The first-order chi connectivity index (χ1) is 8.19. The molecule has 0 aromatic carbocycles. The van der Waals surface area contributed by atoms with Gasteiger partial charge in [0.1, 0.15) is 0 Å². The maximum atomic E-state index is 11.7. The summed E-state index contributed by atoms with van der Waals surface area (Å²) in [7, 11) is 2.10. The number of likely N-dealkylation sites (N-methyl/N-ethyl adjacent to an activating group) is 1. The summed E-state index contributed by atoms with van der Waals surface area (Å²) in [4.78, 5) is 14.0. The first-order valence-corrected chi connectivity index (χ1v) is 7.61. The van der Waals surface area contributed by atoms with E-state index in [0.29, 0.717) is 19.0 Å². The summed E-state index contributed by atoms with van der Waals surface area (Å²) in [6.07, 6.45) is 2.72. The summed E-state index contributed by atoms with van der Waals surface area (Å²) in [5.74, 6) is 2.53. The Morgan fingerprint density at radius 1 is 1.65 bits per heavy atom. The third kappa shape index (κ3) is 4.85. The topological polar surface area (TPSA) is 58.4 Å². The highest BCUT2D eigenvalue weighted by Crippen LogP contribution is 2.23. The number of carbonyl (C=O) groups is 1. The Kier molecular flexibility index (Phi) is 6.92. The molecule has 0 spiro atoms. The van der Waals surface area contributed by atoms with Gasteiger partial charge in [0.05, 0.1) is 0 Å². The SMILES string of the molecule is CCCNC(=O)CC(CN)N(C)C1CCSC1. The molecule has 0 saturated carbocycles. The fourth-order valence-electron chi connectivity index (χ4n) is 2.09. The number of rotatable bonds is 7. The molecule has 5 heteroatoms. The molecule has 3 N–H and O–H groups in total. The van der Waals surface area contributed by atoms with Gasteiger partial charge in [0.2, 0.25) is 5.91 Å². The fourth-order valence-corrected chi connectivity index (χ4v) is 3.36. The highest BCUT2D eigenvalue weighted by molar-refractivity contribution is 7.99. The van der Waals surface area contributed by atoms with E-state index in [-0.39, 0.29) is 11.9 Å². The molecule has 0 aliphatic carbocycles. The van der Waals surface area contributed by atoms with E-state index in [1.165, 1.54) is 17.9 Å². The van der Waals surface area contributed by atoms with Gasteiger partial charge in [-0.25, -0.2) is 0 Å². The smallest absolute Gasteiger partial charge is 0.221 e. The average Bonchev–Trinajstić information content (AvgIpc) is 2.86. The van der Waals surface area contributed by atoms with Crippen LogP contribution in [0.1, 0.15) is 26.2 Å². The van der Waals surface area contributed by atoms with E-state index in [2.05, 4.69) is 24.2 Å². The van der Waals surface area contributed by atoms with Gasteiger partial charge in [-0.2, -0.15) is 11.8 Å². The minimum Gasteiger partial charge on any atom is -0.356 e. The second kappa shape index (κ2) is 7.95. The Bertz CT molecular complexity index is 232. The van der Waals surface area contributed by atoms with Crippen molar-refractivity contribution in [3.05, 3.63) is 0 Å². The van der Waals surface area contributed by atoms with Crippen molar-refractivity contribution in [3.8, 4) is 0 Å². The van der Waals surface area contributed by atoms with E-state index in [4.69, 9.17) is 5.73 Å². The monoisotopic (exact) mass is 259 g/mol. The lowest BCUT2D eigenvalue weighted by atomic mass is 10.1. The molecule has 2 atom stereocenters. The molecule has 1 saturated heterocycles. The molecule has 0 radical (unpaired) electrons. The maximum Gasteiger partial charge on any atom is 0.221 e. The zero-order valence-corrected chi connectivity index (χ0v) is 11.8. The number of thioether (sulfide) groups is 1. The number of amides is 1. The van der Waals surface area contributed by atoms with E-state index >= 15 is 0 Å². The Morgan fingerprint density at radius 2 is 2.41 bits per heavy atom. The van der Waals surface area contributed by atoms with Gasteiger partial charge in [-0.1, -0.05) is 6.92 Å². The number of nitrogens with two attached hydrogens (primary N) is 1. The predicted molar refractivity (Wildman–Crippen MR) is 74.3 cm³/mol. The number of hydrogen-bond donors (Lipinski definition) is 2. The molecule has 1 amide bonds. The van der Waals surface area contributed by atoms with Gasteiger partial charge < -0.3 is 11.1 Å². The first kappa shape index (κ1) is 14.8. The van der Waals surface area contributed by atoms with Gasteiger partial charge in [-0.3, -0.25) is 9.69 Å². The lowest BCUT2D eigenvalue weighted by Crippen LogP contribution is -2.46. The molecule has 1 aliphatic heterocycles. The van der Waals surface area contributed by atoms with Crippen LogP contribution in [0.3, 0.4) is 0 Å². The van der Waals surface area contributed by atoms with Crippen LogP contribution in [-0.4, -0.2) is 54.5 Å². The van der Waals surface area contributed by atoms with E-state index in [0.717, 1.165) is 13.0 Å². The van der Waals surface area contributed by atoms with Crippen LogP contribution < -0.4 is 11.1 Å². The van der Waals surface area contributed by atoms with Crippen LogP contribution in [-0.2, 0) is 4.79 Å². The van der Waals surface area contributed by atoms with Gasteiger partial charge in [0.15, 0.2) is 0 Å². The van der Waals surface area contributed by atoms with Crippen LogP contribution in [0, 0.1) is 0 Å². The largest absolute Gasteiger partial charge is 0.356 e. The minimum atomic E-state index is 0.125. The van der Waals surface area contributed by atoms with Gasteiger partial charge in [-0.05, 0) is 25.6 Å². The molecule has 1 fully saturated rings. The number of nitrogens with one attached hydrogen (secondary N) is 1. The fraction of sp³-hybridized carbons (Fsp3) is 0.917.